The first-order valence-corrected chi connectivity index (χ1v) is 8.86. The molecule has 136 valence electrons. The number of amides is 1. The van der Waals surface area contributed by atoms with Gasteiger partial charge in [0.25, 0.3) is 0 Å². The summed E-state index contributed by atoms with van der Waals surface area (Å²) in [5, 5.41) is 3.67. The third kappa shape index (κ3) is 3.91. The Morgan fingerprint density at radius 2 is 1.64 bits per heavy atom. The van der Waals surface area contributed by atoms with Gasteiger partial charge in [-0.05, 0) is 41.5 Å². The van der Waals surface area contributed by atoms with E-state index in [2.05, 4.69) is 5.32 Å². The van der Waals surface area contributed by atoms with Gasteiger partial charge < -0.3 is 9.73 Å². The van der Waals surface area contributed by atoms with Crippen molar-refractivity contribution in [3.05, 3.63) is 107 Å². The standard InChI is InChI=1S/C24H17NO3/c26-23(14-13-17-7-2-1-3-8-17)25-20-11-6-10-18(15-20)21-16-19-9-4-5-12-22(19)28-24(21)27/h1-16H,(H,25,26). The smallest absolute Gasteiger partial charge is 0.344 e. The van der Waals surface area contributed by atoms with E-state index in [1.165, 1.54) is 6.08 Å². The van der Waals surface area contributed by atoms with Crippen molar-refractivity contribution in [1.29, 1.82) is 0 Å². The van der Waals surface area contributed by atoms with E-state index in [9.17, 15) is 9.59 Å². The van der Waals surface area contributed by atoms with Gasteiger partial charge in [-0.1, -0.05) is 60.7 Å². The Morgan fingerprint density at radius 1 is 0.857 bits per heavy atom. The Kier molecular flexibility index (Phi) is 4.85. The molecule has 0 saturated heterocycles. The molecule has 4 rings (SSSR count). The molecular weight excluding hydrogens is 350 g/mol. The highest BCUT2D eigenvalue weighted by Gasteiger charge is 2.09. The van der Waals surface area contributed by atoms with Gasteiger partial charge >= 0.3 is 5.63 Å². The van der Waals surface area contributed by atoms with Crippen molar-refractivity contribution in [2.45, 2.75) is 0 Å². The molecule has 0 fully saturated rings. The van der Waals surface area contributed by atoms with E-state index in [1.807, 2.05) is 54.6 Å². The maximum absolute atomic E-state index is 12.4. The van der Waals surface area contributed by atoms with Gasteiger partial charge in [0.2, 0.25) is 5.91 Å². The molecule has 1 N–H and O–H groups in total. The van der Waals surface area contributed by atoms with E-state index in [-0.39, 0.29) is 5.91 Å². The van der Waals surface area contributed by atoms with Gasteiger partial charge in [-0.15, -0.1) is 0 Å². The maximum atomic E-state index is 12.4. The fourth-order valence-corrected chi connectivity index (χ4v) is 2.95. The first-order chi connectivity index (χ1) is 13.7. The molecule has 0 spiro atoms. The molecule has 0 radical (unpaired) electrons. The second-order valence-electron chi connectivity index (χ2n) is 6.30. The van der Waals surface area contributed by atoms with Gasteiger partial charge in [0, 0.05) is 17.1 Å². The molecule has 4 nitrogen and oxygen atoms in total. The fraction of sp³-hybridized carbons (Fsp3) is 0. The van der Waals surface area contributed by atoms with E-state index in [0.717, 1.165) is 10.9 Å². The topological polar surface area (TPSA) is 59.3 Å². The predicted molar refractivity (Wildman–Crippen MR) is 112 cm³/mol. The average molecular weight is 367 g/mol. The van der Waals surface area contributed by atoms with Gasteiger partial charge in [0.1, 0.15) is 5.58 Å². The van der Waals surface area contributed by atoms with E-state index >= 15 is 0 Å². The summed E-state index contributed by atoms with van der Waals surface area (Å²) in [4.78, 5) is 24.6. The van der Waals surface area contributed by atoms with Crippen LogP contribution < -0.4 is 10.9 Å². The number of nitrogens with one attached hydrogen (secondary N) is 1. The number of hydrogen-bond acceptors (Lipinski definition) is 3. The molecule has 0 saturated carbocycles. The number of carbonyl (C=O) groups is 1. The van der Waals surface area contributed by atoms with Gasteiger partial charge in [0.05, 0.1) is 5.56 Å². The summed E-state index contributed by atoms with van der Waals surface area (Å²) in [7, 11) is 0. The molecule has 0 aliphatic rings. The Hall–Kier alpha value is -3.92. The van der Waals surface area contributed by atoms with Crippen LogP contribution in [0.2, 0.25) is 0 Å². The Balaban J connectivity index is 1.58. The van der Waals surface area contributed by atoms with Crippen molar-refractivity contribution in [2.24, 2.45) is 0 Å². The lowest BCUT2D eigenvalue weighted by Gasteiger charge is -2.06. The highest BCUT2D eigenvalue weighted by atomic mass is 16.4. The zero-order valence-electron chi connectivity index (χ0n) is 15.0. The van der Waals surface area contributed by atoms with E-state index in [1.54, 1.807) is 36.4 Å². The van der Waals surface area contributed by atoms with Crippen LogP contribution >= 0.6 is 0 Å². The summed E-state index contributed by atoms with van der Waals surface area (Å²) in [6, 6.07) is 25.9. The first kappa shape index (κ1) is 17.5. The molecule has 4 heteroatoms. The van der Waals surface area contributed by atoms with Crippen LogP contribution in [0.4, 0.5) is 5.69 Å². The average Bonchev–Trinajstić information content (AvgIpc) is 2.73. The molecule has 1 heterocycles. The van der Waals surface area contributed by atoms with Crippen LogP contribution in [0.3, 0.4) is 0 Å². The number of para-hydroxylation sites is 1. The number of anilines is 1. The van der Waals surface area contributed by atoms with Crippen LogP contribution in [0.1, 0.15) is 5.56 Å². The lowest BCUT2D eigenvalue weighted by molar-refractivity contribution is -0.111. The lowest BCUT2D eigenvalue weighted by Crippen LogP contribution is -2.08. The number of fused-ring (bicyclic) bond motifs is 1. The quantitative estimate of drug-likeness (QED) is 0.403. The normalized spacial score (nSPS) is 11.0. The van der Waals surface area contributed by atoms with Crippen LogP contribution in [-0.2, 0) is 4.79 Å². The van der Waals surface area contributed by atoms with Crippen LogP contribution in [0.25, 0.3) is 28.2 Å². The van der Waals surface area contributed by atoms with Crippen molar-refractivity contribution in [3.63, 3.8) is 0 Å². The van der Waals surface area contributed by atoms with E-state index in [4.69, 9.17) is 4.42 Å². The third-order valence-electron chi connectivity index (χ3n) is 4.31. The highest BCUT2D eigenvalue weighted by molar-refractivity contribution is 6.02. The molecule has 0 unspecified atom stereocenters. The number of hydrogen-bond donors (Lipinski definition) is 1. The van der Waals surface area contributed by atoms with E-state index in [0.29, 0.717) is 22.4 Å². The van der Waals surface area contributed by atoms with Crippen LogP contribution in [-0.4, -0.2) is 5.91 Å². The molecule has 28 heavy (non-hydrogen) atoms. The number of benzene rings is 3. The fourth-order valence-electron chi connectivity index (χ4n) is 2.95. The van der Waals surface area contributed by atoms with Crippen LogP contribution in [0.5, 0.6) is 0 Å². The number of carbonyl (C=O) groups excluding carboxylic acids is 1. The molecule has 4 aromatic rings. The largest absolute Gasteiger partial charge is 0.422 e. The second kappa shape index (κ2) is 7.76. The summed E-state index contributed by atoms with van der Waals surface area (Å²) in [6.45, 7) is 0. The summed E-state index contributed by atoms with van der Waals surface area (Å²) in [5.41, 5.74) is 2.82. The summed E-state index contributed by atoms with van der Waals surface area (Å²) in [6.07, 6.45) is 3.23. The van der Waals surface area contributed by atoms with Crippen LogP contribution in [0.15, 0.2) is 100 Å². The minimum absolute atomic E-state index is 0.244. The second-order valence-corrected chi connectivity index (χ2v) is 6.30. The van der Waals surface area contributed by atoms with Gasteiger partial charge in [0.15, 0.2) is 0 Å². The van der Waals surface area contributed by atoms with Crippen molar-refractivity contribution in [3.8, 4) is 11.1 Å². The van der Waals surface area contributed by atoms with Gasteiger partial charge in [-0.25, -0.2) is 4.79 Å². The third-order valence-corrected chi connectivity index (χ3v) is 4.31. The monoisotopic (exact) mass is 367 g/mol. The molecule has 0 aliphatic carbocycles. The van der Waals surface area contributed by atoms with Gasteiger partial charge in [-0.2, -0.15) is 0 Å². The summed E-state index contributed by atoms with van der Waals surface area (Å²) in [5.74, 6) is -0.244. The molecule has 0 atom stereocenters. The first-order valence-electron chi connectivity index (χ1n) is 8.86. The van der Waals surface area contributed by atoms with E-state index < -0.39 is 5.63 Å². The molecular formula is C24H17NO3. The molecule has 1 amide bonds. The maximum Gasteiger partial charge on any atom is 0.344 e. The minimum atomic E-state index is -0.411. The number of rotatable bonds is 4. The molecule has 0 aliphatic heterocycles. The van der Waals surface area contributed by atoms with Crippen molar-refractivity contribution in [1.82, 2.24) is 0 Å². The van der Waals surface area contributed by atoms with Crippen molar-refractivity contribution >= 4 is 28.6 Å². The molecule has 3 aromatic carbocycles. The van der Waals surface area contributed by atoms with Crippen molar-refractivity contribution < 1.29 is 9.21 Å². The SMILES string of the molecule is O=C(C=Cc1ccccc1)Nc1cccc(-c2cc3ccccc3oc2=O)c1. The molecule has 1 aromatic heterocycles. The van der Waals surface area contributed by atoms with Gasteiger partial charge in [-0.3, -0.25) is 4.79 Å². The highest BCUT2D eigenvalue weighted by Crippen LogP contribution is 2.23. The van der Waals surface area contributed by atoms with Crippen LogP contribution in [0, 0.1) is 0 Å². The zero-order chi connectivity index (χ0) is 19.3. The Morgan fingerprint density at radius 3 is 2.50 bits per heavy atom. The predicted octanol–water partition coefficient (Wildman–Crippen LogP) is 5.11. The van der Waals surface area contributed by atoms with Crippen molar-refractivity contribution in [2.75, 3.05) is 5.32 Å². The minimum Gasteiger partial charge on any atom is -0.422 e. The molecule has 0 bridgehead atoms. The Bertz CT molecular complexity index is 1220. The summed E-state index contributed by atoms with van der Waals surface area (Å²) < 4.78 is 5.40. The lowest BCUT2D eigenvalue weighted by atomic mass is 10.1. The Labute approximate surface area is 161 Å². The summed E-state index contributed by atoms with van der Waals surface area (Å²) >= 11 is 0. The zero-order valence-corrected chi connectivity index (χ0v) is 15.0.